The van der Waals surface area contributed by atoms with Crippen molar-refractivity contribution in [2.75, 3.05) is 7.11 Å². The summed E-state index contributed by atoms with van der Waals surface area (Å²) in [6, 6.07) is 13.0. The van der Waals surface area contributed by atoms with Gasteiger partial charge >= 0.3 is 0 Å². The second kappa shape index (κ2) is 10.2. The summed E-state index contributed by atoms with van der Waals surface area (Å²) in [4.78, 5) is 33.6. The molecule has 0 bridgehead atoms. The first-order chi connectivity index (χ1) is 17.2. The molecule has 0 saturated heterocycles. The van der Waals surface area contributed by atoms with Gasteiger partial charge in [-0.05, 0) is 42.7 Å². The number of carbonyl (C=O) groups is 1. The number of rotatable bonds is 8. The number of phenols is 1. The Labute approximate surface area is 207 Å². The number of para-hydroxylation sites is 2. The highest BCUT2D eigenvalue weighted by Crippen LogP contribution is 2.37. The van der Waals surface area contributed by atoms with E-state index in [1.807, 2.05) is 38.1 Å². The van der Waals surface area contributed by atoms with Crippen molar-refractivity contribution in [2.24, 2.45) is 5.92 Å². The first kappa shape index (κ1) is 24.8. The summed E-state index contributed by atoms with van der Waals surface area (Å²) in [5, 5.41) is 23.6. The highest BCUT2D eigenvalue weighted by atomic mass is 16.5. The molecule has 188 valence electrons. The molecule has 0 spiro atoms. The number of aromatic hydroxyl groups is 2. The Morgan fingerprint density at radius 3 is 2.61 bits per heavy atom. The van der Waals surface area contributed by atoms with E-state index < -0.39 is 23.1 Å². The Morgan fingerprint density at radius 1 is 1.17 bits per heavy atom. The van der Waals surface area contributed by atoms with Crippen molar-refractivity contribution < 1.29 is 24.2 Å². The number of phenolic OH excluding ortho intramolecular Hbond substituents is 1. The maximum atomic E-state index is 13.4. The zero-order chi connectivity index (χ0) is 26.0. The highest BCUT2D eigenvalue weighted by Gasteiger charge is 2.29. The molecule has 0 fully saturated rings. The van der Waals surface area contributed by atoms with Crippen LogP contribution in [0.5, 0.6) is 17.2 Å². The van der Waals surface area contributed by atoms with E-state index in [-0.39, 0.29) is 35.5 Å². The van der Waals surface area contributed by atoms with Gasteiger partial charge in [-0.15, -0.1) is 0 Å². The molecule has 4 rings (SSSR count). The van der Waals surface area contributed by atoms with Crippen molar-refractivity contribution in [2.45, 2.75) is 39.2 Å². The quantitative estimate of drug-likeness (QED) is 0.289. The minimum Gasteiger partial charge on any atom is -0.504 e. The van der Waals surface area contributed by atoms with E-state index in [2.05, 4.69) is 15.3 Å². The van der Waals surface area contributed by atoms with Crippen LogP contribution in [0, 0.1) is 12.8 Å². The Kier molecular flexibility index (Phi) is 7.00. The molecule has 0 saturated carbocycles. The smallest absolute Gasteiger partial charge is 0.227 e. The number of hydrogen-bond acceptors (Lipinski definition) is 7. The molecular formula is C27H29N3O6. The summed E-state index contributed by atoms with van der Waals surface area (Å²) in [5.41, 5.74) is 1.58. The van der Waals surface area contributed by atoms with E-state index in [9.17, 15) is 19.8 Å². The predicted octanol–water partition coefficient (Wildman–Crippen LogP) is 4.28. The predicted molar refractivity (Wildman–Crippen MR) is 134 cm³/mol. The van der Waals surface area contributed by atoms with Crippen molar-refractivity contribution in [3.8, 4) is 17.2 Å². The van der Waals surface area contributed by atoms with Crippen molar-refractivity contribution in [3.05, 3.63) is 81.7 Å². The Balaban J connectivity index is 1.69. The second-order valence-corrected chi connectivity index (χ2v) is 9.05. The summed E-state index contributed by atoms with van der Waals surface area (Å²) in [5.74, 6) is -0.703. The first-order valence-corrected chi connectivity index (χ1v) is 11.6. The van der Waals surface area contributed by atoms with E-state index in [0.29, 0.717) is 17.1 Å². The fraction of sp³-hybridized carbons (Fsp3) is 0.296. The number of nitrogens with one attached hydrogen (secondary N) is 2. The summed E-state index contributed by atoms with van der Waals surface area (Å²) in [6.07, 6.45) is -0.142. The second-order valence-electron chi connectivity index (χ2n) is 9.05. The lowest BCUT2D eigenvalue weighted by atomic mass is 9.91. The van der Waals surface area contributed by atoms with E-state index in [4.69, 9.17) is 9.15 Å². The highest BCUT2D eigenvalue weighted by molar-refractivity contribution is 5.79. The SMILES string of the molecule is COc1cc([C@@H](CC(=O)N[C@H](c2nc3ccccc3[nH]2)C(C)C)c2oc(C)cc(=O)c2O)ccc1O. The summed E-state index contributed by atoms with van der Waals surface area (Å²) >= 11 is 0. The van der Waals surface area contributed by atoms with Crippen LogP contribution in [0.15, 0.2) is 57.7 Å². The standard InChI is InChI=1S/C27H29N3O6/c1-14(2)24(27-28-18-7-5-6-8-19(18)29-27)30-23(33)13-17(16-9-10-20(31)22(12-16)35-4)26-25(34)21(32)11-15(3)36-26/h5-12,14,17,24,31,34H,13H2,1-4H3,(H,28,29)(H,30,33)/t17-,24+/m1/s1. The van der Waals surface area contributed by atoms with Crippen LogP contribution in [0.25, 0.3) is 11.0 Å². The minimum atomic E-state index is -0.824. The zero-order valence-electron chi connectivity index (χ0n) is 20.5. The van der Waals surface area contributed by atoms with Crippen LogP contribution in [0.1, 0.15) is 55.1 Å². The van der Waals surface area contributed by atoms with Gasteiger partial charge in [0.15, 0.2) is 17.3 Å². The number of H-pyrrole nitrogens is 1. The molecule has 2 atom stereocenters. The number of aryl methyl sites for hydroxylation is 1. The van der Waals surface area contributed by atoms with E-state index in [1.165, 1.54) is 19.2 Å². The molecule has 2 aromatic carbocycles. The number of ether oxygens (including phenoxy) is 1. The Hall–Kier alpha value is -4.27. The van der Waals surface area contributed by atoms with Gasteiger partial charge in [0.1, 0.15) is 11.6 Å². The van der Waals surface area contributed by atoms with Crippen LogP contribution in [0.4, 0.5) is 0 Å². The van der Waals surface area contributed by atoms with Gasteiger partial charge < -0.3 is 29.7 Å². The average Bonchev–Trinajstić information content (AvgIpc) is 3.27. The summed E-state index contributed by atoms with van der Waals surface area (Å²) in [6.45, 7) is 5.55. The van der Waals surface area contributed by atoms with Crippen molar-refractivity contribution in [1.82, 2.24) is 15.3 Å². The molecule has 2 heterocycles. The molecule has 36 heavy (non-hydrogen) atoms. The number of aromatic amines is 1. The van der Waals surface area contributed by atoms with Gasteiger partial charge in [-0.1, -0.05) is 32.0 Å². The van der Waals surface area contributed by atoms with E-state index in [0.717, 1.165) is 11.0 Å². The molecule has 0 aliphatic heterocycles. The van der Waals surface area contributed by atoms with E-state index >= 15 is 0 Å². The van der Waals surface area contributed by atoms with Gasteiger partial charge in [0, 0.05) is 12.5 Å². The maximum Gasteiger partial charge on any atom is 0.227 e. The topological polar surface area (TPSA) is 138 Å². The molecule has 0 radical (unpaired) electrons. The number of methoxy groups -OCH3 is 1. The van der Waals surface area contributed by atoms with Crippen LogP contribution >= 0.6 is 0 Å². The fourth-order valence-corrected chi connectivity index (χ4v) is 4.22. The van der Waals surface area contributed by atoms with Crippen LogP contribution in [0.2, 0.25) is 0 Å². The molecule has 2 aromatic heterocycles. The number of nitrogens with zero attached hydrogens (tertiary/aromatic N) is 1. The molecule has 4 N–H and O–H groups in total. The van der Waals surface area contributed by atoms with Crippen LogP contribution < -0.4 is 15.5 Å². The lowest BCUT2D eigenvalue weighted by molar-refractivity contribution is -0.122. The van der Waals surface area contributed by atoms with Crippen molar-refractivity contribution >= 4 is 16.9 Å². The fourth-order valence-electron chi connectivity index (χ4n) is 4.22. The monoisotopic (exact) mass is 491 g/mol. The summed E-state index contributed by atoms with van der Waals surface area (Å²) in [7, 11) is 1.41. The van der Waals surface area contributed by atoms with E-state index in [1.54, 1.807) is 19.1 Å². The lowest BCUT2D eigenvalue weighted by Gasteiger charge is -2.23. The number of imidazole rings is 1. The third-order valence-corrected chi connectivity index (χ3v) is 6.07. The number of amides is 1. The zero-order valence-corrected chi connectivity index (χ0v) is 20.5. The number of benzene rings is 2. The largest absolute Gasteiger partial charge is 0.504 e. The van der Waals surface area contributed by atoms with Gasteiger partial charge in [0.05, 0.1) is 30.1 Å². The molecule has 0 unspecified atom stereocenters. The summed E-state index contributed by atoms with van der Waals surface area (Å²) < 4.78 is 11.0. The van der Waals surface area contributed by atoms with Crippen LogP contribution in [-0.2, 0) is 4.79 Å². The van der Waals surface area contributed by atoms with Gasteiger partial charge in [-0.25, -0.2) is 4.98 Å². The molecule has 0 aliphatic carbocycles. The molecule has 9 heteroatoms. The molecule has 1 amide bonds. The van der Waals surface area contributed by atoms with Gasteiger partial charge in [0.25, 0.3) is 0 Å². The molecule has 0 aliphatic rings. The molecule has 9 nitrogen and oxygen atoms in total. The third-order valence-electron chi connectivity index (χ3n) is 6.07. The number of carbonyl (C=O) groups excluding carboxylic acids is 1. The van der Waals surface area contributed by atoms with Gasteiger partial charge in [-0.3, -0.25) is 9.59 Å². The normalized spacial score (nSPS) is 13.0. The number of fused-ring (bicyclic) bond motifs is 1. The van der Waals surface area contributed by atoms with Crippen molar-refractivity contribution in [1.29, 1.82) is 0 Å². The van der Waals surface area contributed by atoms with Crippen LogP contribution in [0.3, 0.4) is 0 Å². The Morgan fingerprint density at radius 2 is 1.92 bits per heavy atom. The molecule has 4 aromatic rings. The lowest BCUT2D eigenvalue weighted by Crippen LogP contribution is -2.33. The van der Waals surface area contributed by atoms with Crippen molar-refractivity contribution in [3.63, 3.8) is 0 Å². The average molecular weight is 492 g/mol. The van der Waals surface area contributed by atoms with Gasteiger partial charge in [0.2, 0.25) is 17.1 Å². The van der Waals surface area contributed by atoms with Crippen LogP contribution in [-0.4, -0.2) is 33.2 Å². The first-order valence-electron chi connectivity index (χ1n) is 11.6. The number of aromatic nitrogens is 2. The number of hydrogen-bond donors (Lipinski definition) is 4. The van der Waals surface area contributed by atoms with Gasteiger partial charge in [-0.2, -0.15) is 0 Å². The maximum absolute atomic E-state index is 13.4. The Bertz CT molecular complexity index is 1420. The third kappa shape index (κ3) is 5.05. The molecular weight excluding hydrogens is 462 g/mol. The minimum absolute atomic E-state index is 0.0204.